The summed E-state index contributed by atoms with van der Waals surface area (Å²) in [6, 6.07) is 15.4. The van der Waals surface area contributed by atoms with Gasteiger partial charge in [0.25, 0.3) is 17.4 Å². The Labute approximate surface area is 212 Å². The Balaban J connectivity index is 1.89. The average molecular weight is 504 g/mol. The van der Waals surface area contributed by atoms with Gasteiger partial charge in [0, 0.05) is 23.3 Å². The van der Waals surface area contributed by atoms with Crippen LogP contribution < -0.4 is 9.47 Å². The van der Waals surface area contributed by atoms with Crippen LogP contribution in [0.3, 0.4) is 0 Å². The van der Waals surface area contributed by atoms with Gasteiger partial charge in [0.1, 0.15) is 11.5 Å². The standard InChI is InChI=1S/C27H24N2O8/c1-3-37-22-14-17(10-13-20(22)30)24-23(25(31)16-8-11-19(12-9-16)29(34)35)26(32)27(33)28(24)15-18-6-4-5-7-21(18)36-2/h4-14,24,30-31H,3,15H2,1-2H3/b25-23-. The summed E-state index contributed by atoms with van der Waals surface area (Å²) in [5.41, 5.74) is 0.802. The highest BCUT2D eigenvalue weighted by Crippen LogP contribution is 2.43. The predicted octanol–water partition coefficient (Wildman–Crippen LogP) is 4.33. The van der Waals surface area contributed by atoms with E-state index in [0.717, 1.165) is 0 Å². The molecule has 1 fully saturated rings. The molecule has 10 nitrogen and oxygen atoms in total. The van der Waals surface area contributed by atoms with Crippen molar-refractivity contribution in [1.29, 1.82) is 0 Å². The first-order valence-corrected chi connectivity index (χ1v) is 11.4. The van der Waals surface area contributed by atoms with Gasteiger partial charge in [-0.25, -0.2) is 0 Å². The molecule has 1 unspecified atom stereocenters. The van der Waals surface area contributed by atoms with Crippen LogP contribution in [0.1, 0.15) is 29.7 Å². The van der Waals surface area contributed by atoms with Gasteiger partial charge in [-0.1, -0.05) is 24.3 Å². The lowest BCUT2D eigenvalue weighted by atomic mass is 9.94. The molecule has 4 rings (SSSR count). The molecule has 3 aromatic rings. The first-order chi connectivity index (χ1) is 17.8. The van der Waals surface area contributed by atoms with Gasteiger partial charge in [-0.2, -0.15) is 0 Å². The number of nitro benzene ring substituents is 1. The highest BCUT2D eigenvalue weighted by Gasteiger charge is 2.46. The van der Waals surface area contributed by atoms with Crippen molar-refractivity contribution >= 4 is 23.1 Å². The van der Waals surface area contributed by atoms with E-state index < -0.39 is 28.4 Å². The number of aliphatic hydroxyl groups excluding tert-OH is 1. The summed E-state index contributed by atoms with van der Waals surface area (Å²) >= 11 is 0. The minimum atomic E-state index is -1.04. The van der Waals surface area contributed by atoms with Gasteiger partial charge < -0.3 is 24.6 Å². The number of para-hydroxylation sites is 1. The van der Waals surface area contributed by atoms with Crippen LogP contribution in [-0.2, 0) is 16.1 Å². The number of non-ortho nitro benzene ring substituents is 1. The van der Waals surface area contributed by atoms with Gasteiger partial charge in [0.05, 0.1) is 36.8 Å². The number of ether oxygens (including phenoxy) is 2. The number of methoxy groups -OCH3 is 1. The van der Waals surface area contributed by atoms with Crippen molar-refractivity contribution in [3.05, 3.63) is 99.1 Å². The van der Waals surface area contributed by atoms with Crippen molar-refractivity contribution in [3.63, 3.8) is 0 Å². The maximum atomic E-state index is 13.3. The molecule has 1 aliphatic rings. The Bertz CT molecular complexity index is 1400. The van der Waals surface area contributed by atoms with E-state index in [4.69, 9.17) is 9.47 Å². The quantitative estimate of drug-likeness (QED) is 0.152. The second-order valence-corrected chi connectivity index (χ2v) is 8.20. The monoisotopic (exact) mass is 504 g/mol. The zero-order valence-corrected chi connectivity index (χ0v) is 20.1. The van der Waals surface area contributed by atoms with Gasteiger partial charge >= 0.3 is 0 Å². The van der Waals surface area contributed by atoms with E-state index in [2.05, 4.69) is 0 Å². The van der Waals surface area contributed by atoms with Gasteiger partial charge in [0.15, 0.2) is 11.5 Å². The molecule has 0 saturated carbocycles. The highest BCUT2D eigenvalue weighted by molar-refractivity contribution is 6.46. The van der Waals surface area contributed by atoms with Crippen molar-refractivity contribution in [2.45, 2.75) is 19.5 Å². The smallest absolute Gasteiger partial charge is 0.295 e. The number of aromatic hydroxyl groups is 1. The Morgan fingerprint density at radius 3 is 2.41 bits per heavy atom. The van der Waals surface area contributed by atoms with Crippen LogP contribution in [0.25, 0.3) is 5.76 Å². The number of Topliss-reactive ketones (excluding diaryl/α,β-unsaturated/α-hetero) is 1. The molecule has 0 aromatic heterocycles. The number of rotatable bonds is 8. The maximum Gasteiger partial charge on any atom is 0.295 e. The molecular formula is C27H24N2O8. The fourth-order valence-corrected chi connectivity index (χ4v) is 4.28. The highest BCUT2D eigenvalue weighted by atomic mass is 16.6. The molecule has 1 atom stereocenters. The maximum absolute atomic E-state index is 13.3. The molecule has 1 amide bonds. The van der Waals surface area contributed by atoms with Crippen molar-refractivity contribution in [3.8, 4) is 17.2 Å². The fourth-order valence-electron chi connectivity index (χ4n) is 4.28. The van der Waals surface area contributed by atoms with Crippen LogP contribution in [0, 0.1) is 10.1 Å². The SMILES string of the molecule is CCOc1cc(C2/C(=C(/O)c3ccc([N+](=O)[O-])cc3)C(=O)C(=O)N2Cc2ccccc2OC)ccc1O. The number of likely N-dealkylation sites (tertiary alicyclic amines) is 1. The number of nitrogens with zero attached hydrogens (tertiary/aromatic N) is 2. The van der Waals surface area contributed by atoms with Gasteiger partial charge in [0.2, 0.25) is 0 Å². The van der Waals surface area contributed by atoms with Crippen LogP contribution >= 0.6 is 0 Å². The third kappa shape index (κ3) is 4.81. The van der Waals surface area contributed by atoms with E-state index >= 15 is 0 Å². The Kier molecular flexibility index (Phi) is 7.10. The van der Waals surface area contributed by atoms with Crippen LogP contribution in [0.5, 0.6) is 17.2 Å². The number of hydrogen-bond donors (Lipinski definition) is 2. The van der Waals surface area contributed by atoms with E-state index in [9.17, 15) is 29.9 Å². The minimum Gasteiger partial charge on any atom is -0.507 e. The third-order valence-electron chi connectivity index (χ3n) is 6.02. The number of phenols is 1. The third-order valence-corrected chi connectivity index (χ3v) is 6.02. The zero-order chi connectivity index (χ0) is 26.7. The molecule has 0 spiro atoms. The number of amides is 1. The Hall–Kier alpha value is -4.86. The minimum absolute atomic E-state index is 0.0128. The number of carbonyl (C=O) groups excluding carboxylic acids is 2. The van der Waals surface area contributed by atoms with E-state index in [-0.39, 0.29) is 41.5 Å². The molecular weight excluding hydrogens is 480 g/mol. The molecule has 3 aromatic carbocycles. The fraction of sp³-hybridized carbons (Fsp3) is 0.185. The molecule has 10 heteroatoms. The van der Waals surface area contributed by atoms with Crippen LogP contribution in [0.2, 0.25) is 0 Å². The average Bonchev–Trinajstić information content (AvgIpc) is 3.15. The predicted molar refractivity (Wildman–Crippen MR) is 133 cm³/mol. The van der Waals surface area contributed by atoms with Gasteiger partial charge in [-0.05, 0) is 42.8 Å². The summed E-state index contributed by atoms with van der Waals surface area (Å²) in [5, 5.41) is 32.4. The summed E-state index contributed by atoms with van der Waals surface area (Å²) < 4.78 is 10.9. The lowest BCUT2D eigenvalue weighted by Gasteiger charge is -2.26. The molecule has 1 saturated heterocycles. The number of carbonyl (C=O) groups is 2. The Morgan fingerprint density at radius 2 is 1.76 bits per heavy atom. The number of nitro groups is 1. The summed E-state index contributed by atoms with van der Waals surface area (Å²) in [7, 11) is 1.49. The number of ketones is 1. The van der Waals surface area contributed by atoms with Gasteiger partial charge in [-0.15, -0.1) is 0 Å². The summed E-state index contributed by atoms with van der Waals surface area (Å²) in [5.74, 6) is -1.70. The van der Waals surface area contributed by atoms with Crippen LogP contribution in [0.4, 0.5) is 5.69 Å². The lowest BCUT2D eigenvalue weighted by molar-refractivity contribution is -0.384. The molecule has 1 aliphatic heterocycles. The van der Waals surface area contributed by atoms with Crippen molar-refractivity contribution < 1.29 is 34.2 Å². The second kappa shape index (κ2) is 10.4. The molecule has 0 bridgehead atoms. The zero-order valence-electron chi connectivity index (χ0n) is 20.1. The van der Waals surface area contributed by atoms with Crippen molar-refractivity contribution in [1.82, 2.24) is 4.90 Å². The number of phenolic OH excluding ortho intramolecular Hbond substituents is 1. The van der Waals surface area contributed by atoms with Gasteiger partial charge in [-0.3, -0.25) is 19.7 Å². The molecule has 0 aliphatic carbocycles. The number of hydrogen-bond acceptors (Lipinski definition) is 8. The van der Waals surface area contributed by atoms with E-state index in [1.165, 1.54) is 54.5 Å². The topological polar surface area (TPSA) is 139 Å². The summed E-state index contributed by atoms with van der Waals surface area (Å²) in [4.78, 5) is 38.3. The first kappa shape index (κ1) is 25.2. The van der Waals surface area contributed by atoms with Crippen LogP contribution in [-0.4, -0.2) is 45.4 Å². The molecule has 1 heterocycles. The van der Waals surface area contributed by atoms with Crippen molar-refractivity contribution in [2.75, 3.05) is 13.7 Å². The molecule has 37 heavy (non-hydrogen) atoms. The second-order valence-electron chi connectivity index (χ2n) is 8.20. The lowest BCUT2D eigenvalue weighted by Crippen LogP contribution is -2.29. The van der Waals surface area contributed by atoms with E-state index in [0.29, 0.717) is 16.9 Å². The normalized spacial score (nSPS) is 16.6. The summed E-state index contributed by atoms with van der Waals surface area (Å²) in [6.45, 7) is 2.00. The largest absolute Gasteiger partial charge is 0.507 e. The number of benzene rings is 3. The first-order valence-electron chi connectivity index (χ1n) is 11.4. The van der Waals surface area contributed by atoms with E-state index in [1.807, 2.05) is 0 Å². The Morgan fingerprint density at radius 1 is 1.05 bits per heavy atom. The van der Waals surface area contributed by atoms with E-state index in [1.54, 1.807) is 31.2 Å². The van der Waals surface area contributed by atoms with Crippen molar-refractivity contribution in [2.24, 2.45) is 0 Å². The number of aliphatic hydroxyl groups is 1. The molecule has 0 radical (unpaired) electrons. The molecule has 190 valence electrons. The van der Waals surface area contributed by atoms with Crippen LogP contribution in [0.15, 0.2) is 72.3 Å². The molecule has 2 N–H and O–H groups in total. The summed E-state index contributed by atoms with van der Waals surface area (Å²) in [6.07, 6.45) is 0.